The van der Waals surface area contributed by atoms with Gasteiger partial charge in [0.25, 0.3) is 0 Å². The van der Waals surface area contributed by atoms with Crippen LogP contribution in [0.1, 0.15) is 31.7 Å². The van der Waals surface area contributed by atoms with Crippen molar-refractivity contribution in [2.24, 2.45) is 16.8 Å². The molecule has 1 aliphatic carbocycles. The molecule has 1 aromatic rings. The van der Waals surface area contributed by atoms with Crippen molar-refractivity contribution in [1.82, 2.24) is 0 Å². The normalized spacial score (nSPS) is 16.2. The molecule has 19 heavy (non-hydrogen) atoms. The zero-order chi connectivity index (χ0) is 13.8. The first-order valence-corrected chi connectivity index (χ1v) is 7.06. The number of hydrogen-bond acceptors (Lipinski definition) is 3. The highest BCUT2D eigenvalue weighted by atomic mass is 35.5. The summed E-state index contributed by atoms with van der Waals surface area (Å²) < 4.78 is 0. The molecule has 1 fully saturated rings. The van der Waals surface area contributed by atoms with E-state index in [1.54, 1.807) is 6.07 Å². The minimum atomic E-state index is 0.0404. The van der Waals surface area contributed by atoms with Gasteiger partial charge in [0.05, 0.1) is 5.02 Å². The quantitative estimate of drug-likeness (QED) is 0.377. The van der Waals surface area contributed by atoms with Crippen molar-refractivity contribution in [2.75, 3.05) is 18.0 Å². The number of benzene rings is 1. The molecule has 104 valence electrons. The van der Waals surface area contributed by atoms with Crippen molar-refractivity contribution >= 4 is 23.1 Å². The van der Waals surface area contributed by atoms with E-state index < -0.39 is 0 Å². The van der Waals surface area contributed by atoms with Crippen LogP contribution in [0.2, 0.25) is 5.02 Å². The second kappa shape index (κ2) is 6.15. The van der Waals surface area contributed by atoms with Crippen molar-refractivity contribution in [1.29, 1.82) is 0 Å². The molecule has 0 radical (unpaired) electrons. The molecule has 0 atom stereocenters. The summed E-state index contributed by atoms with van der Waals surface area (Å²) in [6, 6.07) is 5.66. The van der Waals surface area contributed by atoms with Crippen LogP contribution in [0.3, 0.4) is 0 Å². The third kappa shape index (κ3) is 3.13. The van der Waals surface area contributed by atoms with E-state index in [-0.39, 0.29) is 5.84 Å². The topological polar surface area (TPSA) is 61.8 Å². The average Bonchev–Trinajstić information content (AvgIpc) is 2.37. The largest absolute Gasteiger partial charge is 0.409 e. The highest BCUT2D eigenvalue weighted by Crippen LogP contribution is 2.30. The van der Waals surface area contributed by atoms with Gasteiger partial charge in [-0.25, -0.2) is 0 Å². The summed E-state index contributed by atoms with van der Waals surface area (Å²) in [6.07, 6.45) is 4.00. The SMILES string of the molecule is CCN(CC1CCC1)c1ccc(/C(N)=N/O)c(Cl)c1. The Kier molecular flexibility index (Phi) is 4.53. The van der Waals surface area contributed by atoms with Crippen molar-refractivity contribution < 1.29 is 5.21 Å². The zero-order valence-electron chi connectivity index (χ0n) is 11.1. The number of anilines is 1. The van der Waals surface area contributed by atoms with E-state index >= 15 is 0 Å². The van der Waals surface area contributed by atoms with E-state index in [4.69, 9.17) is 22.5 Å². The van der Waals surface area contributed by atoms with Gasteiger partial charge in [0.1, 0.15) is 0 Å². The molecule has 1 saturated carbocycles. The Hall–Kier alpha value is -1.42. The Morgan fingerprint density at radius 3 is 2.74 bits per heavy atom. The van der Waals surface area contributed by atoms with Crippen LogP contribution in [-0.4, -0.2) is 24.1 Å². The molecule has 0 bridgehead atoms. The molecule has 0 spiro atoms. The van der Waals surface area contributed by atoms with E-state index in [1.165, 1.54) is 19.3 Å². The first-order chi connectivity index (χ1) is 9.15. The van der Waals surface area contributed by atoms with Gasteiger partial charge in [-0.05, 0) is 43.9 Å². The Morgan fingerprint density at radius 1 is 1.53 bits per heavy atom. The smallest absolute Gasteiger partial charge is 0.171 e. The Bertz CT molecular complexity index is 472. The van der Waals surface area contributed by atoms with Gasteiger partial charge in [-0.3, -0.25) is 0 Å². The van der Waals surface area contributed by atoms with Crippen LogP contribution in [0, 0.1) is 5.92 Å². The van der Waals surface area contributed by atoms with Crippen molar-refractivity contribution in [2.45, 2.75) is 26.2 Å². The van der Waals surface area contributed by atoms with Crippen LogP contribution in [0.25, 0.3) is 0 Å². The molecular formula is C14H20ClN3O. The fraction of sp³-hybridized carbons (Fsp3) is 0.500. The van der Waals surface area contributed by atoms with E-state index in [9.17, 15) is 0 Å². The summed E-state index contributed by atoms with van der Waals surface area (Å²) >= 11 is 6.19. The number of nitrogens with zero attached hydrogens (tertiary/aromatic N) is 2. The lowest BCUT2D eigenvalue weighted by atomic mass is 9.85. The fourth-order valence-corrected chi connectivity index (χ4v) is 2.64. The third-order valence-electron chi connectivity index (χ3n) is 3.79. The summed E-state index contributed by atoms with van der Waals surface area (Å²) in [4.78, 5) is 2.33. The van der Waals surface area contributed by atoms with Crippen LogP contribution in [0.5, 0.6) is 0 Å². The number of oxime groups is 1. The van der Waals surface area contributed by atoms with Crippen LogP contribution in [0.4, 0.5) is 5.69 Å². The second-order valence-electron chi connectivity index (χ2n) is 4.98. The van der Waals surface area contributed by atoms with E-state index in [2.05, 4.69) is 17.0 Å². The molecule has 1 aromatic carbocycles. The van der Waals surface area contributed by atoms with Crippen LogP contribution in [-0.2, 0) is 0 Å². The number of halogens is 1. The molecule has 0 heterocycles. The van der Waals surface area contributed by atoms with Crippen molar-refractivity contribution in [3.63, 3.8) is 0 Å². The van der Waals surface area contributed by atoms with Crippen LogP contribution < -0.4 is 10.6 Å². The first kappa shape index (κ1) is 14.0. The predicted molar refractivity (Wildman–Crippen MR) is 79.2 cm³/mol. The lowest BCUT2D eigenvalue weighted by molar-refractivity contribution is 0.318. The summed E-state index contributed by atoms with van der Waals surface area (Å²) in [6.45, 7) is 4.18. The van der Waals surface area contributed by atoms with Gasteiger partial charge in [0.15, 0.2) is 5.84 Å². The summed E-state index contributed by atoms with van der Waals surface area (Å²) in [7, 11) is 0. The van der Waals surface area contributed by atoms with E-state index in [0.29, 0.717) is 10.6 Å². The molecule has 4 nitrogen and oxygen atoms in total. The maximum absolute atomic E-state index is 8.69. The molecule has 0 unspecified atom stereocenters. The molecule has 2 rings (SSSR count). The highest BCUT2D eigenvalue weighted by Gasteiger charge is 2.20. The lowest BCUT2D eigenvalue weighted by Gasteiger charge is -2.33. The maximum Gasteiger partial charge on any atom is 0.171 e. The number of hydrogen-bond donors (Lipinski definition) is 2. The van der Waals surface area contributed by atoms with Gasteiger partial charge in [-0.1, -0.05) is 23.2 Å². The molecule has 0 saturated heterocycles. The standard InChI is InChI=1S/C14H20ClN3O/c1-2-18(9-10-4-3-5-10)11-6-7-12(13(15)8-11)14(16)17-19/h6-8,10,19H,2-5,9H2,1H3,(H2,16,17). The number of nitrogens with two attached hydrogens (primary N) is 1. The first-order valence-electron chi connectivity index (χ1n) is 6.68. The second-order valence-corrected chi connectivity index (χ2v) is 5.39. The lowest BCUT2D eigenvalue weighted by Crippen LogP contribution is -2.32. The van der Waals surface area contributed by atoms with Crippen LogP contribution in [0.15, 0.2) is 23.4 Å². The van der Waals surface area contributed by atoms with Crippen LogP contribution >= 0.6 is 11.6 Å². The van der Waals surface area contributed by atoms with Gasteiger partial charge < -0.3 is 15.8 Å². The van der Waals surface area contributed by atoms with Gasteiger partial charge in [0, 0.05) is 24.3 Å². The summed E-state index contributed by atoms with van der Waals surface area (Å²) in [5, 5.41) is 12.2. The average molecular weight is 282 g/mol. The molecule has 3 N–H and O–H groups in total. The van der Waals surface area contributed by atoms with Crippen molar-refractivity contribution in [3.8, 4) is 0 Å². The fourth-order valence-electron chi connectivity index (χ4n) is 2.37. The Balaban J connectivity index is 2.16. The third-order valence-corrected chi connectivity index (χ3v) is 4.10. The number of rotatable bonds is 5. The van der Waals surface area contributed by atoms with Crippen molar-refractivity contribution in [3.05, 3.63) is 28.8 Å². The zero-order valence-corrected chi connectivity index (χ0v) is 11.9. The monoisotopic (exact) mass is 281 g/mol. The molecule has 1 aliphatic rings. The van der Waals surface area contributed by atoms with Gasteiger partial charge in [-0.15, -0.1) is 0 Å². The highest BCUT2D eigenvalue weighted by molar-refractivity contribution is 6.34. The van der Waals surface area contributed by atoms with Gasteiger partial charge in [0.2, 0.25) is 0 Å². The maximum atomic E-state index is 8.69. The molecule has 5 heteroatoms. The molecule has 0 aliphatic heterocycles. The Labute approximate surface area is 118 Å². The predicted octanol–water partition coefficient (Wildman–Crippen LogP) is 3.06. The van der Waals surface area contributed by atoms with E-state index in [1.807, 2.05) is 12.1 Å². The van der Waals surface area contributed by atoms with E-state index in [0.717, 1.165) is 24.7 Å². The molecular weight excluding hydrogens is 262 g/mol. The minimum Gasteiger partial charge on any atom is -0.409 e. The molecule has 0 amide bonds. The minimum absolute atomic E-state index is 0.0404. The number of amidine groups is 1. The molecule has 0 aromatic heterocycles. The van der Waals surface area contributed by atoms with Gasteiger partial charge >= 0.3 is 0 Å². The Morgan fingerprint density at radius 2 is 2.26 bits per heavy atom. The summed E-state index contributed by atoms with van der Waals surface area (Å²) in [5.41, 5.74) is 7.22. The summed E-state index contributed by atoms with van der Waals surface area (Å²) in [5.74, 6) is 0.848. The van der Waals surface area contributed by atoms with Gasteiger partial charge in [-0.2, -0.15) is 0 Å².